The summed E-state index contributed by atoms with van der Waals surface area (Å²) in [4.78, 5) is 14.9. The molecule has 0 spiro atoms. The van der Waals surface area contributed by atoms with Gasteiger partial charge in [-0.1, -0.05) is 13.3 Å². The van der Waals surface area contributed by atoms with Crippen molar-refractivity contribution in [3.8, 4) is 0 Å². The first-order valence-corrected chi connectivity index (χ1v) is 11.8. The molecule has 0 aromatic rings. The van der Waals surface area contributed by atoms with E-state index in [1.54, 1.807) is 6.92 Å². The molecule has 0 aromatic carbocycles. The molecule has 4 N–H and O–H groups in total. The topological polar surface area (TPSA) is 119 Å². The molecule has 28 heavy (non-hydrogen) atoms. The number of nitrogens with zero attached hydrogens (tertiary/aromatic N) is 1. The van der Waals surface area contributed by atoms with Crippen LogP contribution in [0.2, 0.25) is 0 Å². The highest BCUT2D eigenvalue weighted by atomic mass is 35.5. The summed E-state index contributed by atoms with van der Waals surface area (Å²) in [6.07, 6.45) is -1.41. The Bertz CT molecular complexity index is 568. The van der Waals surface area contributed by atoms with Crippen molar-refractivity contribution in [3.05, 3.63) is 0 Å². The van der Waals surface area contributed by atoms with Gasteiger partial charge in [-0.05, 0) is 32.7 Å². The van der Waals surface area contributed by atoms with Gasteiger partial charge in [0.15, 0.2) is 5.44 Å². The maximum atomic E-state index is 12.9. The third-order valence-corrected chi connectivity index (χ3v) is 7.04. The standard InChI is InChI=1S/C18H33ClN2O6S/c1-5-6-10-7-11(21(3)8-10)17(25)20-12(9(2)19)16-14(23)13(22)15(24)18(27-16)28(4)26/h9-16,18,22-24H,5-8H2,1-4H3,(H,20,25)/t9?,10-,11+,12?,13?,14?,15?,16?,18?,28?/m1/s1. The van der Waals surface area contributed by atoms with E-state index in [2.05, 4.69) is 12.2 Å². The molecule has 2 saturated heterocycles. The van der Waals surface area contributed by atoms with Crippen molar-refractivity contribution in [2.75, 3.05) is 19.8 Å². The number of rotatable bonds is 7. The molecule has 10 heteroatoms. The summed E-state index contributed by atoms with van der Waals surface area (Å²) < 4.78 is 17.5. The Morgan fingerprint density at radius 3 is 2.50 bits per heavy atom. The first-order chi connectivity index (χ1) is 13.1. The molecule has 8 nitrogen and oxygen atoms in total. The summed E-state index contributed by atoms with van der Waals surface area (Å²) in [7, 11) is 0.301. The summed E-state index contributed by atoms with van der Waals surface area (Å²) in [6, 6.07) is -1.13. The lowest BCUT2D eigenvalue weighted by Gasteiger charge is -2.43. The van der Waals surface area contributed by atoms with E-state index >= 15 is 0 Å². The monoisotopic (exact) mass is 440 g/mol. The summed E-state index contributed by atoms with van der Waals surface area (Å²) in [5.41, 5.74) is -1.18. The van der Waals surface area contributed by atoms with Crippen LogP contribution < -0.4 is 5.32 Å². The quantitative estimate of drug-likeness (QED) is 0.390. The van der Waals surface area contributed by atoms with Crippen molar-refractivity contribution in [3.63, 3.8) is 0 Å². The Morgan fingerprint density at radius 2 is 1.96 bits per heavy atom. The zero-order valence-electron chi connectivity index (χ0n) is 16.8. The molecule has 8 unspecified atom stereocenters. The molecule has 2 aliphatic rings. The molecular formula is C18H33ClN2O6S. The lowest BCUT2D eigenvalue weighted by molar-refractivity contribution is -0.206. The minimum Gasteiger partial charge on any atom is -0.388 e. The van der Waals surface area contributed by atoms with Gasteiger partial charge in [-0.15, -0.1) is 11.6 Å². The molecular weight excluding hydrogens is 408 g/mol. The zero-order valence-corrected chi connectivity index (χ0v) is 18.4. The van der Waals surface area contributed by atoms with Crippen LogP contribution in [-0.2, 0) is 20.3 Å². The Labute approximate surface area is 174 Å². The maximum absolute atomic E-state index is 12.9. The molecule has 2 fully saturated rings. The van der Waals surface area contributed by atoms with Gasteiger partial charge in [0.1, 0.15) is 24.4 Å². The van der Waals surface area contributed by atoms with Gasteiger partial charge in [0, 0.05) is 12.8 Å². The predicted octanol–water partition coefficient (Wildman–Crippen LogP) is -0.595. The fourth-order valence-electron chi connectivity index (χ4n) is 4.19. The summed E-state index contributed by atoms with van der Waals surface area (Å²) in [6.45, 7) is 4.61. The van der Waals surface area contributed by atoms with E-state index < -0.39 is 52.1 Å². The zero-order chi connectivity index (χ0) is 21.2. The van der Waals surface area contributed by atoms with Crippen LogP contribution in [0.1, 0.15) is 33.1 Å². The number of alkyl halides is 1. The van der Waals surface area contributed by atoms with Gasteiger partial charge in [-0.25, -0.2) is 0 Å². The Morgan fingerprint density at radius 1 is 1.32 bits per heavy atom. The van der Waals surface area contributed by atoms with Gasteiger partial charge in [0.25, 0.3) is 0 Å². The van der Waals surface area contributed by atoms with Crippen LogP contribution in [0, 0.1) is 5.92 Å². The fourth-order valence-corrected chi connectivity index (χ4v) is 5.24. The number of likely N-dealkylation sites (tertiary alicyclic amines) is 1. The van der Waals surface area contributed by atoms with Gasteiger partial charge in [0.05, 0.1) is 28.3 Å². The molecule has 10 atom stereocenters. The van der Waals surface area contributed by atoms with Crippen molar-refractivity contribution >= 4 is 28.3 Å². The van der Waals surface area contributed by atoms with Gasteiger partial charge in [0.2, 0.25) is 5.91 Å². The number of carbonyl (C=O) groups excluding carboxylic acids is 1. The average Bonchev–Trinajstić information content (AvgIpc) is 2.98. The number of hydrogen-bond donors (Lipinski definition) is 4. The third-order valence-electron chi connectivity index (χ3n) is 5.73. The minimum absolute atomic E-state index is 0.218. The number of carbonyl (C=O) groups is 1. The van der Waals surface area contributed by atoms with E-state index in [0.29, 0.717) is 5.92 Å². The van der Waals surface area contributed by atoms with Crippen LogP contribution in [0.25, 0.3) is 0 Å². The van der Waals surface area contributed by atoms with E-state index in [0.717, 1.165) is 25.8 Å². The van der Waals surface area contributed by atoms with Gasteiger partial charge in [-0.2, -0.15) is 0 Å². The fraction of sp³-hybridized carbons (Fsp3) is 0.944. The number of hydrogen-bond acceptors (Lipinski definition) is 7. The van der Waals surface area contributed by atoms with Crippen molar-refractivity contribution in [1.29, 1.82) is 0 Å². The van der Waals surface area contributed by atoms with E-state index in [9.17, 15) is 24.3 Å². The van der Waals surface area contributed by atoms with E-state index in [4.69, 9.17) is 16.3 Å². The number of likely N-dealkylation sites (N-methyl/N-ethyl adjacent to an activating group) is 1. The number of nitrogens with one attached hydrogen (secondary N) is 1. The molecule has 0 aromatic heterocycles. The Kier molecular flexibility index (Phi) is 8.69. The van der Waals surface area contributed by atoms with E-state index in [1.807, 2.05) is 11.9 Å². The average molecular weight is 441 g/mol. The van der Waals surface area contributed by atoms with Gasteiger partial charge >= 0.3 is 0 Å². The highest BCUT2D eigenvalue weighted by Gasteiger charge is 2.49. The number of halogens is 1. The highest BCUT2D eigenvalue weighted by Crippen LogP contribution is 2.29. The summed E-state index contributed by atoms with van der Waals surface area (Å²) in [5.74, 6) is 0.238. The predicted molar refractivity (Wildman–Crippen MR) is 107 cm³/mol. The van der Waals surface area contributed by atoms with Crippen molar-refractivity contribution in [2.45, 2.75) is 80.4 Å². The lowest BCUT2D eigenvalue weighted by Crippen LogP contribution is -2.66. The molecule has 0 radical (unpaired) electrons. The summed E-state index contributed by atoms with van der Waals surface area (Å²) >= 11 is 6.28. The second-order valence-electron chi connectivity index (χ2n) is 8.00. The molecule has 0 saturated carbocycles. The molecule has 0 bridgehead atoms. The first kappa shape index (κ1) is 24.0. The Balaban J connectivity index is 2.14. The lowest BCUT2D eigenvalue weighted by atomic mass is 9.92. The molecule has 1 amide bonds. The highest BCUT2D eigenvalue weighted by molar-refractivity contribution is 7.84. The first-order valence-electron chi connectivity index (χ1n) is 9.75. The smallest absolute Gasteiger partial charge is 0.237 e. The van der Waals surface area contributed by atoms with Gasteiger partial charge < -0.3 is 25.4 Å². The second-order valence-corrected chi connectivity index (χ2v) is 10.1. The summed E-state index contributed by atoms with van der Waals surface area (Å²) in [5, 5.41) is 32.8. The number of amides is 1. The van der Waals surface area contributed by atoms with Gasteiger partial charge in [-0.3, -0.25) is 13.9 Å². The molecule has 2 heterocycles. The normalized spacial score (nSPS) is 40.1. The Hall–Kier alpha value is -0.290. The number of ether oxygens (including phenoxy) is 1. The second kappa shape index (κ2) is 10.1. The van der Waals surface area contributed by atoms with Crippen LogP contribution in [0.3, 0.4) is 0 Å². The number of aliphatic hydroxyl groups is 3. The van der Waals surface area contributed by atoms with Crippen LogP contribution in [0.4, 0.5) is 0 Å². The largest absolute Gasteiger partial charge is 0.388 e. The van der Waals surface area contributed by atoms with Crippen molar-refractivity contribution < 1.29 is 29.1 Å². The van der Waals surface area contributed by atoms with Crippen LogP contribution in [0.5, 0.6) is 0 Å². The van der Waals surface area contributed by atoms with Crippen molar-refractivity contribution in [1.82, 2.24) is 10.2 Å². The van der Waals surface area contributed by atoms with Crippen molar-refractivity contribution in [2.24, 2.45) is 5.92 Å². The molecule has 2 aliphatic heterocycles. The maximum Gasteiger partial charge on any atom is 0.237 e. The van der Waals surface area contributed by atoms with Crippen LogP contribution >= 0.6 is 11.6 Å². The number of aliphatic hydroxyl groups excluding tert-OH is 3. The minimum atomic E-state index is -1.60. The SMILES string of the molecule is CCC[C@@H]1C[C@@H](C(=O)NC(C(C)Cl)C2OC(S(C)=O)C(O)C(O)C2O)N(C)C1. The molecule has 0 aliphatic carbocycles. The molecule has 2 rings (SSSR count). The molecule has 164 valence electrons. The third kappa shape index (κ3) is 5.24. The van der Waals surface area contributed by atoms with Crippen LogP contribution in [-0.4, -0.2) is 97.5 Å². The van der Waals surface area contributed by atoms with E-state index in [-0.39, 0.29) is 11.9 Å². The van der Waals surface area contributed by atoms with Crippen LogP contribution in [0.15, 0.2) is 0 Å². The van der Waals surface area contributed by atoms with E-state index in [1.165, 1.54) is 6.26 Å².